The van der Waals surface area contributed by atoms with Gasteiger partial charge in [-0.2, -0.15) is 0 Å². The number of rotatable bonds is 4. The van der Waals surface area contributed by atoms with Gasteiger partial charge in [-0.3, -0.25) is 0 Å². The lowest BCUT2D eigenvalue weighted by atomic mass is 10.0. The molecule has 0 spiro atoms. The monoisotopic (exact) mass is 357 g/mol. The minimum Gasteiger partial charge on any atom is -0.508 e. The Bertz CT molecular complexity index is 1150. The molecular weight excluding hydrogens is 338 g/mol. The van der Waals surface area contributed by atoms with Crippen LogP contribution in [0, 0.1) is 6.92 Å². The van der Waals surface area contributed by atoms with Crippen LogP contribution in [-0.4, -0.2) is 5.11 Å². The van der Waals surface area contributed by atoms with Gasteiger partial charge in [-0.25, -0.2) is 4.79 Å². The molecule has 0 unspecified atom stereocenters. The van der Waals surface area contributed by atoms with Gasteiger partial charge in [0.1, 0.15) is 11.3 Å². The molecule has 3 aromatic carbocycles. The van der Waals surface area contributed by atoms with Gasteiger partial charge in [-0.05, 0) is 47.9 Å². The zero-order chi connectivity index (χ0) is 18.8. The van der Waals surface area contributed by atoms with Crippen LogP contribution in [0.3, 0.4) is 0 Å². The van der Waals surface area contributed by atoms with Crippen molar-refractivity contribution in [2.75, 3.05) is 5.32 Å². The van der Waals surface area contributed by atoms with Crippen LogP contribution in [0.4, 0.5) is 5.69 Å². The van der Waals surface area contributed by atoms with Crippen molar-refractivity contribution < 1.29 is 9.52 Å². The highest BCUT2D eigenvalue weighted by atomic mass is 16.4. The number of benzene rings is 3. The average Bonchev–Trinajstić information content (AvgIpc) is 2.70. The first-order chi connectivity index (χ1) is 13.1. The van der Waals surface area contributed by atoms with Gasteiger partial charge in [0.2, 0.25) is 0 Å². The fourth-order valence-electron chi connectivity index (χ4n) is 3.17. The Hall–Kier alpha value is -3.53. The van der Waals surface area contributed by atoms with Gasteiger partial charge in [0.05, 0.1) is 0 Å². The van der Waals surface area contributed by atoms with Crippen LogP contribution in [0.1, 0.15) is 11.1 Å². The van der Waals surface area contributed by atoms with Crippen LogP contribution in [0.15, 0.2) is 82.0 Å². The zero-order valence-corrected chi connectivity index (χ0v) is 14.9. The van der Waals surface area contributed by atoms with E-state index in [0.717, 1.165) is 22.2 Å². The Kier molecular flexibility index (Phi) is 4.38. The van der Waals surface area contributed by atoms with Crippen molar-refractivity contribution in [1.29, 1.82) is 0 Å². The molecule has 1 heterocycles. The molecule has 134 valence electrons. The summed E-state index contributed by atoms with van der Waals surface area (Å²) >= 11 is 0. The van der Waals surface area contributed by atoms with E-state index in [4.69, 9.17) is 4.42 Å². The third kappa shape index (κ3) is 3.42. The van der Waals surface area contributed by atoms with Gasteiger partial charge in [-0.15, -0.1) is 0 Å². The molecule has 0 aliphatic carbocycles. The summed E-state index contributed by atoms with van der Waals surface area (Å²) in [5.74, 6) is 0.118. The van der Waals surface area contributed by atoms with Crippen LogP contribution >= 0.6 is 0 Å². The molecule has 0 atom stereocenters. The van der Waals surface area contributed by atoms with Gasteiger partial charge in [-0.1, -0.05) is 42.5 Å². The summed E-state index contributed by atoms with van der Waals surface area (Å²) in [6.45, 7) is 2.22. The molecule has 4 heteroatoms. The van der Waals surface area contributed by atoms with Crippen molar-refractivity contribution in [3.05, 3.63) is 94.3 Å². The van der Waals surface area contributed by atoms with E-state index < -0.39 is 5.63 Å². The van der Waals surface area contributed by atoms with Crippen molar-refractivity contribution in [2.24, 2.45) is 0 Å². The van der Waals surface area contributed by atoms with Gasteiger partial charge in [0.15, 0.2) is 0 Å². The topological polar surface area (TPSA) is 62.5 Å². The second kappa shape index (κ2) is 7.00. The summed E-state index contributed by atoms with van der Waals surface area (Å²) in [6.07, 6.45) is 0. The van der Waals surface area contributed by atoms with Gasteiger partial charge in [0.25, 0.3) is 0 Å². The van der Waals surface area contributed by atoms with Gasteiger partial charge < -0.3 is 14.8 Å². The molecule has 0 saturated carbocycles. The molecule has 0 bridgehead atoms. The molecule has 0 fully saturated rings. The molecule has 4 rings (SSSR count). The standard InChI is InChI=1S/C23H19NO3/c1-15-21(25)12-11-20-18(13-22(26)27-23(15)20)14-24-19-9-7-17(8-10-19)16-5-3-2-4-6-16/h2-13,24-25H,14H2,1H3. The Balaban J connectivity index is 1.59. The van der Waals surface area contributed by atoms with E-state index in [1.165, 1.54) is 11.6 Å². The number of aryl methyl sites for hydroxylation is 1. The molecule has 0 saturated heterocycles. The number of hydrogen-bond acceptors (Lipinski definition) is 4. The third-order valence-corrected chi connectivity index (χ3v) is 4.69. The van der Waals surface area contributed by atoms with E-state index in [2.05, 4.69) is 29.6 Å². The Morgan fingerprint density at radius 2 is 1.63 bits per heavy atom. The number of fused-ring (bicyclic) bond motifs is 1. The highest BCUT2D eigenvalue weighted by Crippen LogP contribution is 2.28. The third-order valence-electron chi connectivity index (χ3n) is 4.69. The predicted octanol–water partition coefficient (Wildman–Crippen LogP) is 5.09. The van der Waals surface area contributed by atoms with E-state index >= 15 is 0 Å². The van der Waals surface area contributed by atoms with Crippen molar-refractivity contribution in [1.82, 2.24) is 0 Å². The molecule has 2 N–H and O–H groups in total. The number of hydrogen-bond donors (Lipinski definition) is 2. The van der Waals surface area contributed by atoms with E-state index in [1.807, 2.05) is 30.3 Å². The van der Waals surface area contributed by atoms with Gasteiger partial charge in [0, 0.05) is 29.2 Å². The van der Waals surface area contributed by atoms with E-state index in [9.17, 15) is 9.90 Å². The maximum atomic E-state index is 11.9. The SMILES string of the molecule is Cc1c(O)ccc2c(CNc3ccc(-c4ccccc4)cc3)cc(=O)oc12. The largest absolute Gasteiger partial charge is 0.508 e. The number of phenols is 1. The highest BCUT2D eigenvalue weighted by molar-refractivity contribution is 5.85. The molecule has 0 aliphatic rings. The van der Waals surface area contributed by atoms with Crippen LogP contribution in [0.2, 0.25) is 0 Å². The van der Waals surface area contributed by atoms with Crippen LogP contribution < -0.4 is 10.9 Å². The quantitative estimate of drug-likeness (QED) is 0.500. The molecule has 0 aliphatic heterocycles. The zero-order valence-electron chi connectivity index (χ0n) is 14.9. The van der Waals surface area contributed by atoms with E-state index in [1.54, 1.807) is 19.1 Å². The summed E-state index contributed by atoms with van der Waals surface area (Å²) in [7, 11) is 0. The number of aromatic hydroxyl groups is 1. The first-order valence-corrected chi connectivity index (χ1v) is 8.76. The molecule has 0 amide bonds. The summed E-state index contributed by atoms with van der Waals surface area (Å²) < 4.78 is 5.29. The maximum Gasteiger partial charge on any atom is 0.336 e. The van der Waals surface area contributed by atoms with Crippen molar-refractivity contribution >= 4 is 16.7 Å². The predicted molar refractivity (Wildman–Crippen MR) is 108 cm³/mol. The van der Waals surface area contributed by atoms with E-state index in [-0.39, 0.29) is 5.75 Å². The molecule has 27 heavy (non-hydrogen) atoms. The Morgan fingerprint density at radius 3 is 2.37 bits per heavy atom. The highest BCUT2D eigenvalue weighted by Gasteiger charge is 2.10. The summed E-state index contributed by atoms with van der Waals surface area (Å²) in [5.41, 5.74) is 4.69. The summed E-state index contributed by atoms with van der Waals surface area (Å²) in [5, 5.41) is 14.0. The lowest BCUT2D eigenvalue weighted by Gasteiger charge is -2.11. The lowest BCUT2D eigenvalue weighted by molar-refractivity contribution is 0.468. The van der Waals surface area contributed by atoms with Crippen molar-refractivity contribution in [3.8, 4) is 16.9 Å². The summed E-state index contributed by atoms with van der Waals surface area (Å²) in [4.78, 5) is 11.9. The second-order valence-corrected chi connectivity index (χ2v) is 6.47. The molecule has 1 aromatic heterocycles. The first-order valence-electron chi connectivity index (χ1n) is 8.76. The molecule has 0 radical (unpaired) electrons. The van der Waals surface area contributed by atoms with Crippen LogP contribution in [-0.2, 0) is 6.54 Å². The molecular formula is C23H19NO3. The summed E-state index contributed by atoms with van der Waals surface area (Å²) in [6, 6.07) is 23.3. The fraction of sp³-hybridized carbons (Fsp3) is 0.0870. The number of nitrogens with one attached hydrogen (secondary N) is 1. The second-order valence-electron chi connectivity index (χ2n) is 6.47. The van der Waals surface area contributed by atoms with Crippen molar-refractivity contribution in [2.45, 2.75) is 13.5 Å². The van der Waals surface area contributed by atoms with Gasteiger partial charge >= 0.3 is 5.63 Å². The van der Waals surface area contributed by atoms with Crippen LogP contribution in [0.25, 0.3) is 22.1 Å². The number of anilines is 1. The Labute approximate surface area is 156 Å². The smallest absolute Gasteiger partial charge is 0.336 e. The molecule has 4 aromatic rings. The minimum absolute atomic E-state index is 0.118. The first kappa shape index (κ1) is 16.9. The number of phenolic OH excluding ortho intramolecular Hbond substituents is 1. The van der Waals surface area contributed by atoms with Crippen LogP contribution in [0.5, 0.6) is 5.75 Å². The lowest BCUT2D eigenvalue weighted by Crippen LogP contribution is -2.06. The van der Waals surface area contributed by atoms with Crippen molar-refractivity contribution in [3.63, 3.8) is 0 Å². The minimum atomic E-state index is -0.424. The van der Waals surface area contributed by atoms with E-state index in [0.29, 0.717) is 17.7 Å². The average molecular weight is 357 g/mol. The maximum absolute atomic E-state index is 11.9. The fourth-order valence-corrected chi connectivity index (χ4v) is 3.17. The molecule has 4 nitrogen and oxygen atoms in total. The Morgan fingerprint density at radius 1 is 0.926 bits per heavy atom. The normalized spacial score (nSPS) is 10.9.